The topological polar surface area (TPSA) is 61.8 Å². The highest BCUT2D eigenvalue weighted by Crippen LogP contribution is 2.39. The van der Waals surface area contributed by atoms with E-state index in [-0.39, 0.29) is 27.6 Å². The average molecular weight is 387 g/mol. The molecule has 5 nitrogen and oxygen atoms in total. The quantitative estimate of drug-likeness (QED) is 0.703. The lowest BCUT2D eigenvalue weighted by Crippen LogP contribution is -2.08. The van der Waals surface area contributed by atoms with E-state index in [1.165, 1.54) is 18.2 Å². The maximum absolute atomic E-state index is 12.7. The molecule has 9 heteroatoms. The Morgan fingerprint density at radius 2 is 1.92 bits per heavy atom. The van der Waals surface area contributed by atoms with Gasteiger partial charge < -0.3 is 14.2 Å². The highest BCUT2D eigenvalue weighted by molar-refractivity contribution is 6.32. The van der Waals surface area contributed by atoms with Gasteiger partial charge in [0, 0.05) is 6.92 Å². The predicted octanol–water partition coefficient (Wildman–Crippen LogP) is 4.88. The lowest BCUT2D eigenvalue weighted by Gasteiger charge is -2.13. The highest BCUT2D eigenvalue weighted by Gasteiger charge is 2.34. The third-order valence-corrected chi connectivity index (χ3v) is 3.77. The zero-order valence-corrected chi connectivity index (χ0v) is 13.9. The van der Waals surface area contributed by atoms with E-state index < -0.39 is 30.0 Å². The van der Waals surface area contributed by atoms with Crippen LogP contribution in [0.2, 0.25) is 5.02 Å². The summed E-state index contributed by atoms with van der Waals surface area (Å²) in [6.45, 7) is 1.16. The van der Waals surface area contributed by atoms with Crippen LogP contribution in [0.25, 0.3) is 0 Å². The zero-order valence-electron chi connectivity index (χ0n) is 13.1. The van der Waals surface area contributed by atoms with Crippen molar-refractivity contribution in [1.29, 1.82) is 0 Å². The Bertz CT molecular complexity index is 892. The van der Waals surface area contributed by atoms with E-state index in [2.05, 4.69) is 0 Å². The van der Waals surface area contributed by atoms with Gasteiger partial charge in [-0.15, -0.1) is 0 Å². The van der Waals surface area contributed by atoms with Gasteiger partial charge in [-0.1, -0.05) is 11.6 Å². The third-order valence-electron chi connectivity index (χ3n) is 3.47. The molecule has 2 aromatic carbocycles. The van der Waals surface area contributed by atoms with Crippen LogP contribution in [0.4, 0.5) is 13.2 Å². The molecule has 3 rings (SSSR count). The van der Waals surface area contributed by atoms with E-state index in [9.17, 15) is 22.8 Å². The average Bonchev–Trinajstić information content (AvgIpc) is 2.83. The normalized spacial score (nSPS) is 16.0. The van der Waals surface area contributed by atoms with Crippen LogP contribution in [0, 0.1) is 0 Å². The van der Waals surface area contributed by atoms with Gasteiger partial charge in [0.25, 0.3) is 6.29 Å². The number of esters is 2. The molecule has 0 saturated heterocycles. The number of hydrogen-bond donors (Lipinski definition) is 0. The summed E-state index contributed by atoms with van der Waals surface area (Å²) in [6.07, 6.45) is -5.73. The Balaban J connectivity index is 1.88. The molecule has 1 unspecified atom stereocenters. The van der Waals surface area contributed by atoms with Crippen molar-refractivity contribution in [2.75, 3.05) is 0 Å². The number of alkyl halides is 3. The monoisotopic (exact) mass is 386 g/mol. The number of ether oxygens (including phenoxy) is 3. The fourth-order valence-electron chi connectivity index (χ4n) is 2.33. The van der Waals surface area contributed by atoms with Crippen LogP contribution in [0.15, 0.2) is 36.4 Å². The first-order chi connectivity index (χ1) is 12.1. The Labute approximate surface area is 150 Å². The number of hydrogen-bond acceptors (Lipinski definition) is 5. The predicted molar refractivity (Wildman–Crippen MR) is 82.9 cm³/mol. The standard InChI is InChI=1S/C17H10ClF3O5/c1-8(22)24-16-12-7-10(3-4-11(12)15(23)26-16)25-14-5-2-9(6-13(14)18)17(19,20)21/h2-7,16H,1H3. The molecule has 0 fully saturated rings. The Kier molecular flexibility index (Phi) is 4.53. The number of carbonyl (C=O) groups excluding carboxylic acids is 2. The van der Waals surface area contributed by atoms with E-state index in [0.29, 0.717) is 0 Å². The van der Waals surface area contributed by atoms with Crippen LogP contribution in [-0.2, 0) is 20.4 Å². The largest absolute Gasteiger partial charge is 0.456 e. The number of fused-ring (bicyclic) bond motifs is 1. The molecule has 0 spiro atoms. The molecule has 26 heavy (non-hydrogen) atoms. The van der Waals surface area contributed by atoms with Crippen molar-refractivity contribution in [3.8, 4) is 11.5 Å². The number of benzene rings is 2. The van der Waals surface area contributed by atoms with E-state index >= 15 is 0 Å². The van der Waals surface area contributed by atoms with Gasteiger partial charge in [0.15, 0.2) is 0 Å². The molecule has 2 aromatic rings. The van der Waals surface area contributed by atoms with Gasteiger partial charge in [0.2, 0.25) is 0 Å². The minimum absolute atomic E-state index is 0.00565. The summed E-state index contributed by atoms with van der Waals surface area (Å²) in [5, 5.41) is -0.232. The summed E-state index contributed by atoms with van der Waals surface area (Å²) in [7, 11) is 0. The fourth-order valence-corrected chi connectivity index (χ4v) is 2.55. The number of cyclic esters (lactones) is 1. The summed E-state index contributed by atoms with van der Waals surface area (Å²) < 4.78 is 53.3. The van der Waals surface area contributed by atoms with Gasteiger partial charge in [0.1, 0.15) is 11.5 Å². The molecule has 1 aliphatic rings. The number of carbonyl (C=O) groups is 2. The van der Waals surface area contributed by atoms with Crippen LogP contribution >= 0.6 is 11.6 Å². The van der Waals surface area contributed by atoms with E-state index in [1.807, 2.05) is 0 Å². The summed E-state index contributed by atoms with van der Waals surface area (Å²) in [6, 6.07) is 6.88. The van der Waals surface area contributed by atoms with Gasteiger partial charge in [-0.25, -0.2) is 4.79 Å². The molecule has 1 aliphatic heterocycles. The first-order valence-corrected chi connectivity index (χ1v) is 7.59. The maximum atomic E-state index is 12.7. The van der Waals surface area contributed by atoms with Crippen molar-refractivity contribution in [3.05, 3.63) is 58.1 Å². The summed E-state index contributed by atoms with van der Waals surface area (Å²) in [5.74, 6) is -1.13. The molecule has 0 amide bonds. The van der Waals surface area contributed by atoms with Gasteiger partial charge >= 0.3 is 18.1 Å². The highest BCUT2D eigenvalue weighted by atomic mass is 35.5. The maximum Gasteiger partial charge on any atom is 0.416 e. The van der Waals surface area contributed by atoms with Crippen LogP contribution < -0.4 is 4.74 Å². The fraction of sp³-hybridized carbons (Fsp3) is 0.176. The van der Waals surface area contributed by atoms with Gasteiger partial charge in [-0.05, 0) is 36.4 Å². The second-order valence-corrected chi connectivity index (χ2v) is 5.75. The van der Waals surface area contributed by atoms with Gasteiger partial charge in [0.05, 0.1) is 21.7 Å². The summed E-state index contributed by atoms with van der Waals surface area (Å²) in [4.78, 5) is 22.8. The smallest absolute Gasteiger partial charge is 0.416 e. The lowest BCUT2D eigenvalue weighted by atomic mass is 10.1. The molecule has 0 N–H and O–H groups in total. The molecule has 0 aliphatic carbocycles. The van der Waals surface area contributed by atoms with Crippen molar-refractivity contribution in [1.82, 2.24) is 0 Å². The van der Waals surface area contributed by atoms with Crippen LogP contribution in [0.5, 0.6) is 11.5 Å². The van der Waals surface area contributed by atoms with Crippen LogP contribution in [-0.4, -0.2) is 11.9 Å². The number of rotatable bonds is 3. The minimum Gasteiger partial charge on any atom is -0.456 e. The molecule has 0 saturated carbocycles. The molecule has 0 bridgehead atoms. The van der Waals surface area contributed by atoms with Crippen LogP contribution in [0.1, 0.15) is 34.7 Å². The second-order valence-electron chi connectivity index (χ2n) is 5.34. The lowest BCUT2D eigenvalue weighted by molar-refractivity contribution is -0.164. The van der Waals surface area contributed by atoms with Crippen LogP contribution in [0.3, 0.4) is 0 Å². The summed E-state index contributed by atoms with van der Waals surface area (Å²) >= 11 is 5.85. The number of halogens is 4. The van der Waals surface area contributed by atoms with Crippen molar-refractivity contribution < 1.29 is 37.0 Å². The molecule has 0 radical (unpaired) electrons. The molecule has 0 aromatic heterocycles. The molecular formula is C17H10ClF3O5. The van der Waals surface area contributed by atoms with Gasteiger partial charge in [-0.3, -0.25) is 4.79 Å². The molecule has 1 heterocycles. The molecular weight excluding hydrogens is 377 g/mol. The molecule has 136 valence electrons. The van der Waals surface area contributed by atoms with E-state index in [1.54, 1.807) is 0 Å². The molecule has 1 atom stereocenters. The summed E-state index contributed by atoms with van der Waals surface area (Å²) in [5.41, 5.74) is -0.439. The Hall–Kier alpha value is -2.74. The van der Waals surface area contributed by atoms with Crippen molar-refractivity contribution in [2.24, 2.45) is 0 Å². The van der Waals surface area contributed by atoms with Gasteiger partial charge in [-0.2, -0.15) is 13.2 Å². The third kappa shape index (κ3) is 3.60. The zero-order chi connectivity index (χ0) is 19.1. The first kappa shape index (κ1) is 18.1. The Morgan fingerprint density at radius 3 is 2.54 bits per heavy atom. The van der Waals surface area contributed by atoms with Crippen molar-refractivity contribution in [3.63, 3.8) is 0 Å². The second kappa shape index (κ2) is 6.53. The first-order valence-electron chi connectivity index (χ1n) is 7.22. The van der Waals surface area contributed by atoms with Crippen molar-refractivity contribution in [2.45, 2.75) is 19.4 Å². The van der Waals surface area contributed by atoms with Crippen molar-refractivity contribution >= 4 is 23.5 Å². The SMILES string of the molecule is CC(=O)OC1OC(=O)c2ccc(Oc3ccc(C(F)(F)F)cc3Cl)cc21. The van der Waals surface area contributed by atoms with E-state index in [0.717, 1.165) is 25.1 Å². The minimum atomic E-state index is -4.52. The van der Waals surface area contributed by atoms with E-state index in [4.69, 9.17) is 25.8 Å². The Morgan fingerprint density at radius 1 is 1.19 bits per heavy atom.